The molecule has 0 atom stereocenters. The SMILES string of the molecule is O=c1[nH]c2cc(Nc3ccccc3)ccc2n1C1CCCC1. The number of aromatic nitrogens is 2. The van der Waals surface area contributed by atoms with Gasteiger partial charge in [0.05, 0.1) is 11.0 Å². The summed E-state index contributed by atoms with van der Waals surface area (Å²) in [5.74, 6) is 0. The first-order valence-electron chi connectivity index (χ1n) is 7.87. The van der Waals surface area contributed by atoms with Crippen molar-refractivity contribution in [3.05, 3.63) is 59.0 Å². The summed E-state index contributed by atoms with van der Waals surface area (Å²) in [6.07, 6.45) is 4.66. The van der Waals surface area contributed by atoms with Crippen molar-refractivity contribution < 1.29 is 0 Å². The lowest BCUT2D eigenvalue weighted by Crippen LogP contribution is -2.20. The summed E-state index contributed by atoms with van der Waals surface area (Å²) in [4.78, 5) is 15.3. The Morgan fingerprint density at radius 2 is 1.77 bits per heavy atom. The molecule has 1 aliphatic carbocycles. The average molecular weight is 293 g/mol. The normalized spacial score (nSPS) is 15.5. The van der Waals surface area contributed by atoms with E-state index in [0.29, 0.717) is 6.04 Å². The van der Waals surface area contributed by atoms with Crippen LogP contribution < -0.4 is 11.0 Å². The Kier molecular flexibility index (Phi) is 3.22. The van der Waals surface area contributed by atoms with E-state index in [1.54, 1.807) is 0 Å². The first kappa shape index (κ1) is 13.2. The van der Waals surface area contributed by atoms with Gasteiger partial charge in [-0.05, 0) is 43.2 Å². The summed E-state index contributed by atoms with van der Waals surface area (Å²) in [5, 5.41) is 3.36. The van der Waals surface area contributed by atoms with Gasteiger partial charge in [-0.2, -0.15) is 0 Å². The summed E-state index contributed by atoms with van der Waals surface area (Å²) >= 11 is 0. The summed E-state index contributed by atoms with van der Waals surface area (Å²) in [5.41, 5.74) is 3.95. The molecule has 0 aliphatic heterocycles. The molecule has 2 N–H and O–H groups in total. The first-order valence-corrected chi connectivity index (χ1v) is 7.87. The molecule has 112 valence electrons. The van der Waals surface area contributed by atoms with Crippen LogP contribution in [0.4, 0.5) is 11.4 Å². The van der Waals surface area contributed by atoms with Crippen LogP contribution in [-0.4, -0.2) is 9.55 Å². The molecule has 2 aromatic carbocycles. The molecule has 1 aromatic heterocycles. The molecule has 1 aliphatic rings. The number of hydrogen-bond acceptors (Lipinski definition) is 2. The fraction of sp³-hybridized carbons (Fsp3) is 0.278. The molecule has 3 aromatic rings. The highest BCUT2D eigenvalue weighted by molar-refractivity contribution is 5.81. The van der Waals surface area contributed by atoms with E-state index in [1.165, 1.54) is 12.8 Å². The summed E-state index contributed by atoms with van der Waals surface area (Å²) in [6.45, 7) is 0. The average Bonchev–Trinajstić information content (AvgIpc) is 3.14. The number of anilines is 2. The molecule has 0 bridgehead atoms. The van der Waals surface area contributed by atoms with Gasteiger partial charge in [-0.1, -0.05) is 31.0 Å². The lowest BCUT2D eigenvalue weighted by atomic mass is 10.2. The Morgan fingerprint density at radius 1 is 1.00 bits per heavy atom. The van der Waals surface area contributed by atoms with Crippen molar-refractivity contribution in [2.24, 2.45) is 0 Å². The fourth-order valence-electron chi connectivity index (χ4n) is 3.42. The van der Waals surface area contributed by atoms with E-state index in [-0.39, 0.29) is 5.69 Å². The molecule has 0 spiro atoms. The second kappa shape index (κ2) is 5.37. The number of nitrogens with zero attached hydrogens (tertiary/aromatic N) is 1. The number of imidazole rings is 1. The minimum absolute atomic E-state index is 0.0127. The number of hydrogen-bond donors (Lipinski definition) is 2. The summed E-state index contributed by atoms with van der Waals surface area (Å²) < 4.78 is 1.94. The number of H-pyrrole nitrogens is 1. The van der Waals surface area contributed by atoms with Gasteiger partial charge in [0.15, 0.2) is 0 Å². The van der Waals surface area contributed by atoms with E-state index >= 15 is 0 Å². The zero-order valence-electron chi connectivity index (χ0n) is 12.4. The smallest absolute Gasteiger partial charge is 0.326 e. The molecule has 4 heteroatoms. The number of rotatable bonds is 3. The van der Waals surface area contributed by atoms with Crippen molar-refractivity contribution in [3.63, 3.8) is 0 Å². The summed E-state index contributed by atoms with van der Waals surface area (Å²) in [6, 6.07) is 16.5. The van der Waals surface area contributed by atoms with Gasteiger partial charge in [-0.15, -0.1) is 0 Å². The third-order valence-electron chi connectivity index (χ3n) is 4.47. The van der Waals surface area contributed by atoms with Crippen LogP contribution in [0.1, 0.15) is 31.7 Å². The quantitative estimate of drug-likeness (QED) is 0.760. The van der Waals surface area contributed by atoms with Crippen molar-refractivity contribution in [3.8, 4) is 0 Å². The Hall–Kier alpha value is -2.49. The topological polar surface area (TPSA) is 49.8 Å². The van der Waals surface area contributed by atoms with Crippen LogP contribution in [0, 0.1) is 0 Å². The zero-order chi connectivity index (χ0) is 14.9. The highest BCUT2D eigenvalue weighted by Gasteiger charge is 2.21. The Balaban J connectivity index is 1.71. The predicted octanol–water partition coefficient (Wildman–Crippen LogP) is 4.19. The van der Waals surface area contributed by atoms with Crippen LogP contribution in [0.2, 0.25) is 0 Å². The Morgan fingerprint density at radius 3 is 2.55 bits per heavy atom. The lowest BCUT2D eigenvalue weighted by Gasteiger charge is -2.11. The van der Waals surface area contributed by atoms with E-state index in [4.69, 9.17) is 0 Å². The van der Waals surface area contributed by atoms with Crippen LogP contribution >= 0.6 is 0 Å². The van der Waals surface area contributed by atoms with Crippen LogP contribution in [0.25, 0.3) is 11.0 Å². The molecule has 4 rings (SSSR count). The van der Waals surface area contributed by atoms with Crippen molar-refractivity contribution in [2.75, 3.05) is 5.32 Å². The number of aromatic amines is 1. The molecule has 1 saturated carbocycles. The van der Waals surface area contributed by atoms with Crippen molar-refractivity contribution in [1.29, 1.82) is 0 Å². The fourth-order valence-corrected chi connectivity index (χ4v) is 3.42. The molecule has 0 radical (unpaired) electrons. The third-order valence-corrected chi connectivity index (χ3v) is 4.47. The molecular weight excluding hydrogens is 274 g/mol. The van der Waals surface area contributed by atoms with Crippen LogP contribution in [0.15, 0.2) is 53.3 Å². The van der Waals surface area contributed by atoms with Gasteiger partial charge in [0.1, 0.15) is 0 Å². The van der Waals surface area contributed by atoms with Gasteiger partial charge in [-0.25, -0.2) is 4.79 Å². The lowest BCUT2D eigenvalue weighted by molar-refractivity contribution is 0.518. The van der Waals surface area contributed by atoms with Crippen molar-refractivity contribution >= 4 is 22.4 Å². The standard InChI is InChI=1S/C18H19N3O/c22-18-20-16-12-14(19-13-6-2-1-3-7-13)10-11-17(16)21(18)15-8-4-5-9-15/h1-3,6-7,10-12,15,19H,4-5,8-9H2,(H,20,22). The number of nitrogens with one attached hydrogen (secondary N) is 2. The molecule has 22 heavy (non-hydrogen) atoms. The van der Waals surface area contributed by atoms with Crippen LogP contribution in [0.3, 0.4) is 0 Å². The molecule has 4 nitrogen and oxygen atoms in total. The molecule has 1 heterocycles. The maximum atomic E-state index is 12.3. The van der Waals surface area contributed by atoms with Gasteiger partial charge in [0.25, 0.3) is 0 Å². The third kappa shape index (κ3) is 2.30. The zero-order valence-corrected chi connectivity index (χ0v) is 12.4. The minimum atomic E-state index is 0.0127. The largest absolute Gasteiger partial charge is 0.355 e. The van der Waals surface area contributed by atoms with Gasteiger partial charge in [-0.3, -0.25) is 4.57 Å². The highest BCUT2D eigenvalue weighted by atomic mass is 16.1. The first-order chi connectivity index (χ1) is 10.8. The van der Waals surface area contributed by atoms with Crippen LogP contribution in [-0.2, 0) is 0 Å². The van der Waals surface area contributed by atoms with Gasteiger partial charge >= 0.3 is 5.69 Å². The number of para-hydroxylation sites is 1. The van der Waals surface area contributed by atoms with E-state index in [9.17, 15) is 4.79 Å². The van der Waals surface area contributed by atoms with Gasteiger partial charge in [0, 0.05) is 17.4 Å². The monoisotopic (exact) mass is 293 g/mol. The molecular formula is C18H19N3O. The van der Waals surface area contributed by atoms with Gasteiger partial charge in [0.2, 0.25) is 0 Å². The second-order valence-electron chi connectivity index (χ2n) is 5.96. The van der Waals surface area contributed by atoms with Crippen molar-refractivity contribution in [2.45, 2.75) is 31.7 Å². The van der Waals surface area contributed by atoms with E-state index in [0.717, 1.165) is 35.2 Å². The molecule has 1 fully saturated rings. The number of benzene rings is 2. The molecule has 0 saturated heterocycles. The number of fused-ring (bicyclic) bond motifs is 1. The molecule has 0 unspecified atom stereocenters. The van der Waals surface area contributed by atoms with E-state index in [1.807, 2.05) is 53.1 Å². The predicted molar refractivity (Wildman–Crippen MR) is 89.8 cm³/mol. The maximum Gasteiger partial charge on any atom is 0.326 e. The highest BCUT2D eigenvalue weighted by Crippen LogP contribution is 2.31. The summed E-state index contributed by atoms with van der Waals surface area (Å²) in [7, 11) is 0. The van der Waals surface area contributed by atoms with E-state index in [2.05, 4.69) is 10.3 Å². The van der Waals surface area contributed by atoms with Crippen LogP contribution in [0.5, 0.6) is 0 Å². The maximum absolute atomic E-state index is 12.3. The Labute approximate surface area is 128 Å². The van der Waals surface area contributed by atoms with Gasteiger partial charge < -0.3 is 10.3 Å². The minimum Gasteiger partial charge on any atom is -0.355 e. The molecule has 0 amide bonds. The second-order valence-corrected chi connectivity index (χ2v) is 5.96. The Bertz CT molecular complexity index is 842. The van der Waals surface area contributed by atoms with Crippen molar-refractivity contribution in [1.82, 2.24) is 9.55 Å². The van der Waals surface area contributed by atoms with E-state index < -0.39 is 0 Å².